The Hall–Kier alpha value is -1.88. The number of nitrogens with two attached hydrogens (primary N) is 1. The van der Waals surface area contributed by atoms with Crippen LogP contribution in [0.3, 0.4) is 0 Å². The third-order valence-corrected chi connectivity index (χ3v) is 4.69. The average molecular weight is 293 g/mol. The molecule has 20 heavy (non-hydrogen) atoms. The van der Waals surface area contributed by atoms with Crippen LogP contribution in [0.4, 0.5) is 0 Å². The largest absolute Gasteiger partial charge is 0.354 e. The first kappa shape index (κ1) is 14.5. The van der Waals surface area contributed by atoms with E-state index in [-0.39, 0.29) is 30.4 Å². The van der Waals surface area contributed by atoms with E-state index in [9.17, 15) is 13.2 Å². The molecular weight excluding hydrogens is 278 g/mol. The average Bonchev–Trinajstić information content (AvgIpc) is 2.45. The van der Waals surface area contributed by atoms with Crippen LogP contribution < -0.4 is 11.1 Å². The van der Waals surface area contributed by atoms with Crippen molar-refractivity contribution in [3.05, 3.63) is 29.8 Å². The van der Waals surface area contributed by atoms with Crippen LogP contribution in [0.1, 0.15) is 5.56 Å². The van der Waals surface area contributed by atoms with Gasteiger partial charge in [-0.15, -0.1) is 0 Å². The molecule has 1 aliphatic heterocycles. The monoisotopic (exact) mass is 293 g/mol. The minimum Gasteiger partial charge on any atom is -0.354 e. The van der Waals surface area contributed by atoms with Crippen molar-refractivity contribution in [2.45, 2.75) is 4.90 Å². The van der Waals surface area contributed by atoms with Gasteiger partial charge in [-0.2, -0.15) is 4.31 Å². The number of piperazine rings is 1. The first-order chi connectivity index (χ1) is 9.54. The van der Waals surface area contributed by atoms with Crippen molar-refractivity contribution in [3.8, 4) is 11.8 Å². The number of nitrogens with one attached hydrogen (secondary N) is 1. The lowest BCUT2D eigenvalue weighted by molar-refractivity contribution is -0.122. The molecule has 0 atom stereocenters. The van der Waals surface area contributed by atoms with Crippen molar-refractivity contribution < 1.29 is 13.2 Å². The summed E-state index contributed by atoms with van der Waals surface area (Å²) in [5.41, 5.74) is 5.97. The van der Waals surface area contributed by atoms with E-state index >= 15 is 0 Å². The van der Waals surface area contributed by atoms with E-state index in [0.29, 0.717) is 12.1 Å². The highest BCUT2D eigenvalue weighted by atomic mass is 32.2. The molecule has 6 nitrogen and oxygen atoms in total. The Labute approximate surface area is 118 Å². The van der Waals surface area contributed by atoms with E-state index in [1.165, 1.54) is 16.4 Å². The topological polar surface area (TPSA) is 92.5 Å². The summed E-state index contributed by atoms with van der Waals surface area (Å²) in [6.45, 7) is 0.723. The quantitative estimate of drug-likeness (QED) is 0.692. The molecule has 2 rings (SSSR count). The fraction of sp³-hybridized carbons (Fsp3) is 0.308. The number of sulfonamides is 1. The molecule has 3 N–H and O–H groups in total. The molecule has 1 fully saturated rings. The third-order valence-electron chi connectivity index (χ3n) is 2.83. The maximum Gasteiger partial charge on any atom is 0.243 e. The zero-order valence-electron chi connectivity index (χ0n) is 10.8. The van der Waals surface area contributed by atoms with Gasteiger partial charge in [0.05, 0.1) is 18.0 Å². The van der Waals surface area contributed by atoms with Gasteiger partial charge in [-0.3, -0.25) is 4.79 Å². The van der Waals surface area contributed by atoms with Gasteiger partial charge in [0.2, 0.25) is 15.9 Å². The number of hydrogen-bond acceptors (Lipinski definition) is 4. The van der Waals surface area contributed by atoms with Crippen molar-refractivity contribution in [2.24, 2.45) is 5.73 Å². The summed E-state index contributed by atoms with van der Waals surface area (Å²) in [5, 5.41) is 2.59. The number of rotatable bonds is 2. The summed E-state index contributed by atoms with van der Waals surface area (Å²) >= 11 is 0. The number of carbonyl (C=O) groups is 1. The first-order valence-electron chi connectivity index (χ1n) is 6.10. The predicted octanol–water partition coefficient (Wildman–Crippen LogP) is -0.883. The minimum absolute atomic E-state index is 0.142. The highest BCUT2D eigenvalue weighted by molar-refractivity contribution is 7.89. The molecule has 0 radical (unpaired) electrons. The second-order valence-electron chi connectivity index (χ2n) is 4.22. The Morgan fingerprint density at radius 1 is 1.30 bits per heavy atom. The highest BCUT2D eigenvalue weighted by Gasteiger charge is 2.28. The molecule has 0 saturated carbocycles. The first-order valence-corrected chi connectivity index (χ1v) is 7.54. The summed E-state index contributed by atoms with van der Waals surface area (Å²) in [5.74, 6) is 5.23. The Kier molecular flexibility index (Phi) is 4.39. The zero-order valence-corrected chi connectivity index (χ0v) is 11.6. The van der Waals surface area contributed by atoms with Crippen LogP contribution in [-0.2, 0) is 14.8 Å². The van der Waals surface area contributed by atoms with Crippen LogP contribution in [0.2, 0.25) is 0 Å². The molecule has 0 aromatic heterocycles. The van der Waals surface area contributed by atoms with Crippen molar-refractivity contribution >= 4 is 15.9 Å². The molecule has 1 saturated heterocycles. The van der Waals surface area contributed by atoms with Crippen molar-refractivity contribution in [3.63, 3.8) is 0 Å². The fourth-order valence-electron chi connectivity index (χ4n) is 1.83. The molecule has 1 aromatic rings. The van der Waals surface area contributed by atoms with Gasteiger partial charge in [0.15, 0.2) is 0 Å². The van der Waals surface area contributed by atoms with Crippen LogP contribution in [0.25, 0.3) is 0 Å². The van der Waals surface area contributed by atoms with Gasteiger partial charge in [-0.25, -0.2) is 8.42 Å². The number of carbonyl (C=O) groups excluding carboxylic acids is 1. The van der Waals surface area contributed by atoms with Gasteiger partial charge in [-0.1, -0.05) is 11.8 Å². The molecule has 1 amide bonds. The van der Waals surface area contributed by atoms with Gasteiger partial charge in [0.1, 0.15) is 0 Å². The van der Waals surface area contributed by atoms with Crippen molar-refractivity contribution in [1.29, 1.82) is 0 Å². The molecule has 0 aliphatic carbocycles. The maximum absolute atomic E-state index is 12.3. The molecule has 0 unspecified atom stereocenters. The van der Waals surface area contributed by atoms with Crippen LogP contribution >= 0.6 is 0 Å². The lowest BCUT2D eigenvalue weighted by Gasteiger charge is -2.25. The Bertz CT molecular complexity index is 656. The zero-order chi connectivity index (χ0) is 14.6. The molecule has 0 spiro atoms. The summed E-state index contributed by atoms with van der Waals surface area (Å²) in [6.07, 6.45) is 0. The molecule has 0 bridgehead atoms. The van der Waals surface area contributed by atoms with Gasteiger partial charge < -0.3 is 11.1 Å². The van der Waals surface area contributed by atoms with E-state index in [2.05, 4.69) is 17.2 Å². The van der Waals surface area contributed by atoms with Crippen LogP contribution in [0.5, 0.6) is 0 Å². The Morgan fingerprint density at radius 2 is 2.00 bits per heavy atom. The van der Waals surface area contributed by atoms with Crippen LogP contribution in [-0.4, -0.2) is 44.8 Å². The minimum atomic E-state index is -3.63. The van der Waals surface area contributed by atoms with Gasteiger partial charge in [0.25, 0.3) is 0 Å². The van der Waals surface area contributed by atoms with E-state index < -0.39 is 10.0 Å². The van der Waals surface area contributed by atoms with E-state index in [1.807, 2.05) is 0 Å². The molecular formula is C13H15N3O3S. The number of benzene rings is 1. The van der Waals surface area contributed by atoms with Gasteiger partial charge >= 0.3 is 0 Å². The lowest BCUT2D eigenvalue weighted by Crippen LogP contribution is -2.49. The van der Waals surface area contributed by atoms with Crippen LogP contribution in [0.15, 0.2) is 29.2 Å². The lowest BCUT2D eigenvalue weighted by atomic mass is 10.2. The normalized spacial score (nSPS) is 16.1. The number of amides is 1. The van der Waals surface area contributed by atoms with Crippen LogP contribution in [0, 0.1) is 11.8 Å². The Balaban J connectivity index is 2.23. The molecule has 1 aromatic carbocycles. The molecule has 106 valence electrons. The maximum atomic E-state index is 12.3. The molecule has 7 heteroatoms. The molecule has 1 heterocycles. The van der Waals surface area contributed by atoms with Gasteiger partial charge in [0, 0.05) is 18.7 Å². The summed E-state index contributed by atoms with van der Waals surface area (Å²) in [7, 11) is -3.63. The van der Waals surface area contributed by atoms with E-state index in [4.69, 9.17) is 5.73 Å². The number of nitrogens with zero attached hydrogens (tertiary/aromatic N) is 1. The van der Waals surface area contributed by atoms with Gasteiger partial charge in [-0.05, 0) is 24.3 Å². The SMILES string of the molecule is NCC#Cc1ccc(S(=O)(=O)N2CCNC(=O)C2)cc1. The van der Waals surface area contributed by atoms with Crippen molar-refractivity contribution in [2.75, 3.05) is 26.2 Å². The second-order valence-corrected chi connectivity index (χ2v) is 6.16. The fourth-order valence-corrected chi connectivity index (χ4v) is 3.23. The summed E-state index contributed by atoms with van der Waals surface area (Å²) < 4.78 is 25.9. The standard InChI is InChI=1S/C13H15N3O3S/c14-7-1-2-11-3-5-12(6-4-11)20(18,19)16-9-8-15-13(17)10-16/h3-6H,7-10,14H2,(H,15,17). The number of hydrogen-bond donors (Lipinski definition) is 2. The predicted molar refractivity (Wildman–Crippen MR) is 74.1 cm³/mol. The smallest absolute Gasteiger partial charge is 0.243 e. The highest BCUT2D eigenvalue weighted by Crippen LogP contribution is 2.16. The van der Waals surface area contributed by atoms with Crippen molar-refractivity contribution in [1.82, 2.24) is 9.62 Å². The van der Waals surface area contributed by atoms with E-state index in [1.54, 1.807) is 12.1 Å². The summed E-state index contributed by atoms with van der Waals surface area (Å²) in [6, 6.07) is 6.23. The Morgan fingerprint density at radius 3 is 2.60 bits per heavy atom. The second kappa shape index (κ2) is 6.05. The van der Waals surface area contributed by atoms with E-state index in [0.717, 1.165) is 0 Å². The third kappa shape index (κ3) is 3.17. The molecule has 1 aliphatic rings. The summed E-state index contributed by atoms with van der Waals surface area (Å²) in [4.78, 5) is 11.4.